The summed E-state index contributed by atoms with van der Waals surface area (Å²) < 4.78 is 13.3. The minimum Gasteiger partial charge on any atom is -0.298 e. The third-order valence-corrected chi connectivity index (χ3v) is 2.32. The first-order chi connectivity index (χ1) is 7.13. The number of carbonyl (C=O) groups is 2. The van der Waals surface area contributed by atoms with Crippen LogP contribution in [0.4, 0.5) is 4.39 Å². The average molecular weight is 270 g/mol. The van der Waals surface area contributed by atoms with E-state index in [1.807, 2.05) is 0 Å². The Kier molecular flexibility index (Phi) is 3.69. The number of alkyl halides is 1. The summed E-state index contributed by atoms with van der Waals surface area (Å²) in [6, 6.07) is 3.65. The van der Waals surface area contributed by atoms with E-state index in [0.717, 1.165) is 12.1 Å². The summed E-state index contributed by atoms with van der Waals surface area (Å²) in [5.41, 5.74) is -0.246. The molecule has 0 radical (unpaired) electrons. The summed E-state index contributed by atoms with van der Waals surface area (Å²) in [4.78, 5) is 21.8. The smallest absolute Gasteiger partial charge is 0.176 e. The second kappa shape index (κ2) is 4.80. The van der Waals surface area contributed by atoms with E-state index in [9.17, 15) is 14.0 Å². The molecular formula is C10H5BrFNO2. The summed E-state index contributed by atoms with van der Waals surface area (Å²) in [7, 11) is 0. The molecule has 1 aromatic carbocycles. The van der Waals surface area contributed by atoms with Crippen LogP contribution in [0.1, 0.15) is 26.3 Å². The molecule has 0 aliphatic rings. The van der Waals surface area contributed by atoms with Crippen molar-refractivity contribution in [2.45, 2.75) is 0 Å². The number of halogens is 2. The molecule has 0 aliphatic carbocycles. The maximum atomic E-state index is 13.3. The SMILES string of the molecule is N#Cc1cc(F)c(C(=O)CBr)cc1C=O. The quantitative estimate of drug-likeness (QED) is 0.480. The molecule has 3 nitrogen and oxygen atoms in total. The lowest BCUT2D eigenvalue weighted by molar-refractivity contribution is 0.102. The van der Waals surface area contributed by atoms with Gasteiger partial charge in [0, 0.05) is 5.56 Å². The van der Waals surface area contributed by atoms with Crippen molar-refractivity contribution < 1.29 is 14.0 Å². The highest BCUT2D eigenvalue weighted by Gasteiger charge is 2.14. The van der Waals surface area contributed by atoms with Crippen LogP contribution in [-0.2, 0) is 0 Å². The number of nitrogens with zero attached hydrogens (tertiary/aromatic N) is 1. The number of rotatable bonds is 3. The predicted octanol–water partition coefficient (Wildman–Crippen LogP) is 2.09. The number of hydrogen-bond donors (Lipinski definition) is 0. The Balaban J connectivity index is 3.40. The van der Waals surface area contributed by atoms with Gasteiger partial charge in [-0.2, -0.15) is 5.26 Å². The van der Waals surface area contributed by atoms with Crippen LogP contribution in [0.3, 0.4) is 0 Å². The number of Topliss-reactive ketones (excluding diaryl/α,β-unsaturated/α-hetero) is 1. The van der Waals surface area contributed by atoms with Crippen molar-refractivity contribution in [2.75, 3.05) is 5.33 Å². The summed E-state index contributed by atoms with van der Waals surface area (Å²) in [6.07, 6.45) is 0.420. The Bertz CT molecular complexity index is 465. The maximum absolute atomic E-state index is 13.3. The molecule has 0 saturated heterocycles. The van der Waals surface area contributed by atoms with Crippen molar-refractivity contribution >= 4 is 28.0 Å². The van der Waals surface area contributed by atoms with Gasteiger partial charge in [0.25, 0.3) is 0 Å². The van der Waals surface area contributed by atoms with Gasteiger partial charge in [-0.25, -0.2) is 4.39 Å². The van der Waals surface area contributed by atoms with Crippen molar-refractivity contribution in [1.82, 2.24) is 0 Å². The largest absolute Gasteiger partial charge is 0.298 e. The normalized spacial score (nSPS) is 9.40. The third-order valence-electron chi connectivity index (χ3n) is 1.81. The fourth-order valence-corrected chi connectivity index (χ4v) is 1.37. The van der Waals surface area contributed by atoms with Gasteiger partial charge >= 0.3 is 0 Å². The Morgan fingerprint density at radius 1 is 1.60 bits per heavy atom. The van der Waals surface area contributed by atoms with Crippen molar-refractivity contribution in [1.29, 1.82) is 5.26 Å². The zero-order valence-electron chi connectivity index (χ0n) is 7.46. The van der Waals surface area contributed by atoms with E-state index in [1.54, 1.807) is 6.07 Å². The van der Waals surface area contributed by atoms with Gasteiger partial charge < -0.3 is 0 Å². The maximum Gasteiger partial charge on any atom is 0.176 e. The van der Waals surface area contributed by atoms with Crippen molar-refractivity contribution in [3.63, 3.8) is 0 Å². The summed E-state index contributed by atoms with van der Waals surface area (Å²) in [5.74, 6) is -1.26. The summed E-state index contributed by atoms with van der Waals surface area (Å²) in [6.45, 7) is 0. The fraction of sp³-hybridized carbons (Fsp3) is 0.100. The molecule has 1 aromatic rings. The molecule has 5 heteroatoms. The van der Waals surface area contributed by atoms with Crippen molar-refractivity contribution in [3.05, 3.63) is 34.6 Å². The zero-order valence-corrected chi connectivity index (χ0v) is 9.04. The number of ketones is 1. The first-order valence-electron chi connectivity index (χ1n) is 3.92. The second-order valence-electron chi connectivity index (χ2n) is 2.71. The first kappa shape index (κ1) is 11.5. The second-order valence-corrected chi connectivity index (χ2v) is 3.27. The van der Waals surface area contributed by atoms with Crippen molar-refractivity contribution in [3.8, 4) is 6.07 Å². The van der Waals surface area contributed by atoms with Crippen molar-refractivity contribution in [2.24, 2.45) is 0 Å². The molecular weight excluding hydrogens is 265 g/mol. The minimum atomic E-state index is -0.790. The Labute approximate surface area is 93.6 Å². The number of aldehydes is 1. The topological polar surface area (TPSA) is 57.9 Å². The molecule has 0 atom stereocenters. The lowest BCUT2D eigenvalue weighted by Crippen LogP contribution is -2.05. The average Bonchev–Trinajstić information content (AvgIpc) is 2.27. The molecule has 76 valence electrons. The van der Waals surface area contributed by atoms with Crippen LogP contribution in [0.5, 0.6) is 0 Å². The Hall–Kier alpha value is -1.54. The van der Waals surface area contributed by atoms with Gasteiger partial charge in [-0.3, -0.25) is 9.59 Å². The molecule has 0 fully saturated rings. The molecule has 0 unspecified atom stereocenters. The molecule has 0 aromatic heterocycles. The van der Waals surface area contributed by atoms with Crippen LogP contribution in [0.15, 0.2) is 12.1 Å². The van der Waals surface area contributed by atoms with E-state index in [1.165, 1.54) is 0 Å². The summed E-state index contributed by atoms with van der Waals surface area (Å²) >= 11 is 2.90. The van der Waals surface area contributed by atoms with E-state index in [-0.39, 0.29) is 22.0 Å². The van der Waals surface area contributed by atoms with Gasteiger partial charge in [-0.1, -0.05) is 15.9 Å². The molecule has 0 saturated carbocycles. The highest BCUT2D eigenvalue weighted by atomic mass is 79.9. The van der Waals surface area contributed by atoms with Gasteiger partial charge in [0.1, 0.15) is 5.82 Å². The minimum absolute atomic E-state index is 0.0169. The molecule has 1 rings (SSSR count). The number of nitriles is 1. The molecule has 0 bridgehead atoms. The van der Waals surface area contributed by atoms with Crippen LogP contribution in [0, 0.1) is 17.1 Å². The fourth-order valence-electron chi connectivity index (χ4n) is 1.07. The van der Waals surface area contributed by atoms with Gasteiger partial charge in [-0.15, -0.1) is 0 Å². The Morgan fingerprint density at radius 3 is 2.73 bits per heavy atom. The number of hydrogen-bond acceptors (Lipinski definition) is 3. The van der Waals surface area contributed by atoms with Crippen LogP contribution >= 0.6 is 15.9 Å². The van der Waals surface area contributed by atoms with E-state index in [0.29, 0.717) is 6.29 Å². The van der Waals surface area contributed by atoms with Gasteiger partial charge in [0.2, 0.25) is 0 Å². The molecule has 0 spiro atoms. The highest BCUT2D eigenvalue weighted by Crippen LogP contribution is 2.15. The van der Waals surface area contributed by atoms with E-state index in [2.05, 4.69) is 15.9 Å². The van der Waals surface area contributed by atoms with Crippen LogP contribution < -0.4 is 0 Å². The predicted molar refractivity (Wildman–Crippen MR) is 54.6 cm³/mol. The van der Waals surface area contributed by atoms with Crippen LogP contribution in [0.25, 0.3) is 0 Å². The summed E-state index contributed by atoms with van der Waals surface area (Å²) in [5, 5.41) is 8.56. The number of benzene rings is 1. The number of carbonyl (C=O) groups excluding carboxylic acids is 2. The zero-order chi connectivity index (χ0) is 11.4. The van der Waals surface area contributed by atoms with Gasteiger partial charge in [-0.05, 0) is 12.1 Å². The molecule has 0 amide bonds. The molecule has 0 heterocycles. The van der Waals surface area contributed by atoms with E-state index < -0.39 is 11.6 Å². The lowest BCUT2D eigenvalue weighted by atomic mass is 10.0. The molecule has 0 aliphatic heterocycles. The van der Waals surface area contributed by atoms with Crippen LogP contribution in [0.2, 0.25) is 0 Å². The first-order valence-corrected chi connectivity index (χ1v) is 5.04. The molecule has 0 N–H and O–H groups in total. The standard InChI is InChI=1S/C10H5BrFNO2/c11-3-10(15)8-1-7(5-14)6(4-13)2-9(8)12/h1-2,5H,3H2. The van der Waals surface area contributed by atoms with E-state index >= 15 is 0 Å². The van der Waals surface area contributed by atoms with E-state index in [4.69, 9.17) is 5.26 Å². The van der Waals surface area contributed by atoms with Gasteiger partial charge in [0.15, 0.2) is 12.1 Å². The lowest BCUT2D eigenvalue weighted by Gasteiger charge is -2.02. The third kappa shape index (κ3) is 2.28. The van der Waals surface area contributed by atoms with Gasteiger partial charge in [0.05, 0.1) is 22.5 Å². The van der Waals surface area contributed by atoms with Crippen LogP contribution in [-0.4, -0.2) is 17.4 Å². The monoisotopic (exact) mass is 269 g/mol. The highest BCUT2D eigenvalue weighted by molar-refractivity contribution is 9.09. The molecule has 15 heavy (non-hydrogen) atoms. The Morgan fingerprint density at radius 2 is 2.27 bits per heavy atom.